The third-order valence-electron chi connectivity index (χ3n) is 6.31. The van der Waals surface area contributed by atoms with Crippen LogP contribution in [-0.4, -0.2) is 24.1 Å². The van der Waals surface area contributed by atoms with Crippen LogP contribution < -0.4 is 5.32 Å². The van der Waals surface area contributed by atoms with Crippen LogP contribution in [0.1, 0.15) is 39.5 Å². The number of allylic oxidation sites excluding steroid dienone is 5. The summed E-state index contributed by atoms with van der Waals surface area (Å²) in [4.78, 5) is 0. The van der Waals surface area contributed by atoms with Gasteiger partial charge in [-0.3, -0.25) is 0 Å². The Morgan fingerprint density at radius 1 is 1.21 bits per heavy atom. The Labute approximate surface area is 166 Å². The molecule has 1 saturated carbocycles. The van der Waals surface area contributed by atoms with Crippen LogP contribution in [0.4, 0.5) is 0 Å². The number of hydrogen-bond acceptors (Lipinski definition) is 5. The second kappa shape index (κ2) is 6.94. The van der Waals surface area contributed by atoms with Gasteiger partial charge in [0, 0.05) is 35.3 Å². The van der Waals surface area contributed by atoms with Crippen LogP contribution in [0.15, 0.2) is 58.1 Å². The Hall–Kier alpha value is -2.87. The topological polar surface area (TPSA) is 92.8 Å². The highest BCUT2D eigenvalue weighted by atomic mass is 16.5. The smallest absolute Gasteiger partial charge is 0.149 e. The first-order valence-corrected chi connectivity index (χ1v) is 9.93. The Morgan fingerprint density at radius 2 is 1.93 bits per heavy atom. The molecule has 0 saturated heterocycles. The van der Waals surface area contributed by atoms with Gasteiger partial charge in [0.15, 0.2) is 0 Å². The predicted octanol–water partition coefficient (Wildman–Crippen LogP) is 4.33. The van der Waals surface area contributed by atoms with Crippen molar-refractivity contribution in [3.63, 3.8) is 0 Å². The van der Waals surface area contributed by atoms with Crippen molar-refractivity contribution in [1.29, 1.82) is 16.1 Å². The predicted molar refractivity (Wildman–Crippen MR) is 110 cm³/mol. The molecule has 2 atom stereocenters. The van der Waals surface area contributed by atoms with Gasteiger partial charge in [-0.25, -0.2) is 0 Å². The fourth-order valence-corrected chi connectivity index (χ4v) is 5.02. The lowest BCUT2D eigenvalue weighted by Crippen LogP contribution is -2.33. The minimum absolute atomic E-state index is 0.153. The number of rotatable bonds is 5. The summed E-state index contributed by atoms with van der Waals surface area (Å²) in [6.45, 7) is 3.91. The average molecular weight is 374 g/mol. The van der Waals surface area contributed by atoms with Crippen LogP contribution in [0.2, 0.25) is 0 Å². The molecule has 28 heavy (non-hydrogen) atoms. The zero-order valence-corrected chi connectivity index (χ0v) is 16.4. The van der Waals surface area contributed by atoms with E-state index in [-0.39, 0.29) is 5.57 Å². The maximum Gasteiger partial charge on any atom is 0.149 e. The van der Waals surface area contributed by atoms with E-state index < -0.39 is 5.60 Å². The van der Waals surface area contributed by atoms with Gasteiger partial charge in [0.1, 0.15) is 23.0 Å². The number of nitrogens with one attached hydrogen (secondary N) is 3. The molecule has 0 aromatic heterocycles. The molecule has 0 radical (unpaired) electrons. The molecule has 5 nitrogen and oxygen atoms in total. The van der Waals surface area contributed by atoms with Crippen LogP contribution in [0, 0.1) is 34.0 Å². The maximum absolute atomic E-state index is 9.31. The number of nitrogens with zero attached hydrogens (tertiary/aromatic N) is 1. The number of hydrogen-bond donors (Lipinski definition) is 3. The molecule has 3 aliphatic carbocycles. The first-order chi connectivity index (χ1) is 13.5. The summed E-state index contributed by atoms with van der Waals surface area (Å²) in [5.74, 6) is 1.68. The highest BCUT2D eigenvalue weighted by molar-refractivity contribution is 5.92. The van der Waals surface area contributed by atoms with Crippen molar-refractivity contribution < 1.29 is 4.74 Å². The highest BCUT2D eigenvalue weighted by Gasteiger charge is 2.41. The molecular formula is C23H26N4O. The van der Waals surface area contributed by atoms with Gasteiger partial charge in [-0.15, -0.1) is 0 Å². The zero-order valence-electron chi connectivity index (χ0n) is 16.4. The van der Waals surface area contributed by atoms with E-state index in [2.05, 4.69) is 29.6 Å². The first-order valence-electron chi connectivity index (χ1n) is 9.93. The van der Waals surface area contributed by atoms with E-state index in [9.17, 15) is 5.26 Å². The van der Waals surface area contributed by atoms with Gasteiger partial charge in [-0.2, -0.15) is 5.26 Å². The second-order valence-corrected chi connectivity index (χ2v) is 8.39. The zero-order chi connectivity index (χ0) is 19.9. The maximum atomic E-state index is 9.31. The fourth-order valence-electron chi connectivity index (χ4n) is 5.02. The van der Waals surface area contributed by atoms with Gasteiger partial charge < -0.3 is 20.9 Å². The average Bonchev–Trinajstić information content (AvgIpc) is 3.34. The number of nitriles is 1. The summed E-state index contributed by atoms with van der Waals surface area (Å²) in [5, 5.41) is 28.4. The monoisotopic (exact) mass is 374 g/mol. The molecule has 0 aromatic carbocycles. The first kappa shape index (κ1) is 18.5. The molecule has 1 fully saturated rings. The lowest BCUT2D eigenvalue weighted by atomic mass is 9.84. The summed E-state index contributed by atoms with van der Waals surface area (Å²) in [6.07, 6.45) is 15.6. The molecule has 4 rings (SSSR count). The van der Waals surface area contributed by atoms with Crippen molar-refractivity contribution in [2.75, 3.05) is 0 Å². The van der Waals surface area contributed by atoms with E-state index in [4.69, 9.17) is 15.6 Å². The molecule has 5 heteroatoms. The molecule has 0 aromatic rings. The quantitative estimate of drug-likeness (QED) is 0.380. The molecule has 1 aliphatic heterocycles. The lowest BCUT2D eigenvalue weighted by Gasteiger charge is -2.28. The number of fused-ring (bicyclic) bond motifs is 2. The van der Waals surface area contributed by atoms with E-state index in [1.165, 1.54) is 24.8 Å². The van der Waals surface area contributed by atoms with Gasteiger partial charge in [-0.05, 0) is 63.0 Å². The summed E-state index contributed by atoms with van der Waals surface area (Å²) >= 11 is 0. The molecule has 1 heterocycles. The van der Waals surface area contributed by atoms with E-state index in [0.717, 1.165) is 30.2 Å². The van der Waals surface area contributed by atoms with Crippen molar-refractivity contribution in [2.24, 2.45) is 11.8 Å². The van der Waals surface area contributed by atoms with Gasteiger partial charge in [0.2, 0.25) is 0 Å². The van der Waals surface area contributed by atoms with Crippen molar-refractivity contribution in [3.05, 3.63) is 58.1 Å². The second-order valence-electron chi connectivity index (χ2n) is 8.39. The van der Waals surface area contributed by atoms with E-state index in [1.807, 2.05) is 19.9 Å². The van der Waals surface area contributed by atoms with Crippen LogP contribution in [0.25, 0.3) is 0 Å². The third kappa shape index (κ3) is 2.93. The van der Waals surface area contributed by atoms with E-state index in [1.54, 1.807) is 0 Å². The molecular weight excluding hydrogens is 348 g/mol. The minimum atomic E-state index is -0.633. The third-order valence-corrected chi connectivity index (χ3v) is 6.31. The molecule has 3 N–H and O–H groups in total. The molecule has 0 spiro atoms. The van der Waals surface area contributed by atoms with E-state index >= 15 is 0 Å². The van der Waals surface area contributed by atoms with Gasteiger partial charge in [0.05, 0.1) is 0 Å². The molecule has 144 valence electrons. The minimum Gasteiger partial charge on any atom is -0.481 e. The van der Waals surface area contributed by atoms with Crippen molar-refractivity contribution in [3.8, 4) is 6.07 Å². The van der Waals surface area contributed by atoms with Crippen LogP contribution >= 0.6 is 0 Å². The Morgan fingerprint density at radius 3 is 2.43 bits per heavy atom. The van der Waals surface area contributed by atoms with Crippen molar-refractivity contribution in [1.82, 2.24) is 5.32 Å². The Kier molecular flexibility index (Phi) is 4.58. The van der Waals surface area contributed by atoms with Crippen LogP contribution in [0.3, 0.4) is 0 Å². The van der Waals surface area contributed by atoms with Crippen molar-refractivity contribution in [2.45, 2.75) is 51.2 Å². The normalized spacial score (nSPS) is 31.7. The molecule has 2 unspecified atom stereocenters. The summed E-state index contributed by atoms with van der Waals surface area (Å²) in [5.41, 5.74) is 3.49. The summed E-state index contributed by atoms with van der Waals surface area (Å²) < 4.78 is 6.03. The molecule has 0 amide bonds. The Balaban J connectivity index is 1.63. The standard InChI is InChI=1S/C23H26N4O/c1-23(2)20(19(13-26)22(28-23)17(11-24)12-25)14-7-9-18(10-8-14)27-21-15-3-4-16(21)6-5-15/h3-4,7,9,11,13,15-16,21,24,26-27H,5-6,8,10H2,1-2H3/b22-17-,24-11?,26-13?. The van der Waals surface area contributed by atoms with Crippen molar-refractivity contribution >= 4 is 12.4 Å². The van der Waals surface area contributed by atoms with Gasteiger partial charge in [-0.1, -0.05) is 18.2 Å². The van der Waals surface area contributed by atoms with E-state index in [0.29, 0.717) is 29.2 Å². The SMILES string of the molecule is CC1(C)O/C(=C(\C#N)C=N)C(C=N)=C1C1=CC=C(NC2C3C=CC2CC3)CC1. The summed E-state index contributed by atoms with van der Waals surface area (Å²) in [6, 6.07) is 2.55. The van der Waals surface area contributed by atoms with Crippen LogP contribution in [0.5, 0.6) is 0 Å². The van der Waals surface area contributed by atoms with Gasteiger partial charge >= 0.3 is 0 Å². The van der Waals surface area contributed by atoms with Gasteiger partial charge in [0.25, 0.3) is 0 Å². The summed E-state index contributed by atoms with van der Waals surface area (Å²) in [7, 11) is 0. The molecule has 4 aliphatic rings. The van der Waals surface area contributed by atoms with Crippen LogP contribution in [-0.2, 0) is 4.74 Å². The largest absolute Gasteiger partial charge is 0.481 e. The highest BCUT2D eigenvalue weighted by Crippen LogP contribution is 2.45. The fraction of sp³-hybridized carbons (Fsp3) is 0.435. The Bertz CT molecular complexity index is 909. The lowest BCUT2D eigenvalue weighted by molar-refractivity contribution is 0.0943. The molecule has 2 bridgehead atoms. The number of ether oxygens (including phenoxy) is 1.